The molecule has 5 nitrogen and oxygen atoms in total. The monoisotopic (exact) mass is 319 g/mol. The maximum Gasteiger partial charge on any atom is 0.417 e. The summed E-state index contributed by atoms with van der Waals surface area (Å²) in [4.78, 5) is 11.5. The third-order valence-electron chi connectivity index (χ3n) is 3.21. The number of carbonyl (C=O) groups excluding carboxylic acids is 1. The third-order valence-corrected chi connectivity index (χ3v) is 3.21. The lowest BCUT2D eigenvalue weighted by atomic mass is 10.0. The highest BCUT2D eigenvalue weighted by atomic mass is 19.4. The van der Waals surface area contributed by atoms with Crippen molar-refractivity contribution in [2.24, 2.45) is 0 Å². The van der Waals surface area contributed by atoms with E-state index < -0.39 is 30.2 Å². The summed E-state index contributed by atoms with van der Waals surface area (Å²) in [5, 5.41) is 11.6. The molecule has 122 valence electrons. The number of hydrogen-bond acceptors (Lipinski definition) is 4. The standard InChI is InChI=1S/C14H16F3NO4/c1-13(20,14(15,16)17)6-12(19)18-7-9-8-21-10-4-2-3-5-11(10)22-9/h2-5,9,20H,6-8H2,1H3,(H,18,19). The number of carbonyl (C=O) groups is 1. The van der Waals surface area contributed by atoms with Gasteiger partial charge in [0.1, 0.15) is 12.7 Å². The van der Waals surface area contributed by atoms with Crippen LogP contribution in [0.2, 0.25) is 0 Å². The first-order chi connectivity index (χ1) is 10.2. The van der Waals surface area contributed by atoms with Crippen molar-refractivity contribution in [1.29, 1.82) is 0 Å². The maximum absolute atomic E-state index is 12.5. The number of hydrogen-bond donors (Lipinski definition) is 2. The Morgan fingerprint density at radius 1 is 1.36 bits per heavy atom. The molecule has 0 saturated carbocycles. The smallest absolute Gasteiger partial charge is 0.417 e. The lowest BCUT2D eigenvalue weighted by Crippen LogP contribution is -2.48. The summed E-state index contributed by atoms with van der Waals surface area (Å²) in [5.74, 6) is 0.171. The van der Waals surface area contributed by atoms with E-state index in [4.69, 9.17) is 9.47 Å². The van der Waals surface area contributed by atoms with Crippen molar-refractivity contribution in [3.8, 4) is 11.5 Å². The van der Waals surface area contributed by atoms with Crippen LogP contribution in [-0.4, -0.2) is 42.0 Å². The van der Waals surface area contributed by atoms with Crippen molar-refractivity contribution in [3.05, 3.63) is 24.3 Å². The van der Waals surface area contributed by atoms with Gasteiger partial charge in [0, 0.05) is 0 Å². The first kappa shape index (κ1) is 16.4. The fourth-order valence-electron chi connectivity index (χ4n) is 1.87. The zero-order valence-corrected chi connectivity index (χ0v) is 11.8. The van der Waals surface area contributed by atoms with E-state index in [0.29, 0.717) is 18.4 Å². The summed E-state index contributed by atoms with van der Waals surface area (Å²) in [7, 11) is 0. The number of para-hydroxylation sites is 2. The van der Waals surface area contributed by atoms with Crippen LogP contribution in [0.25, 0.3) is 0 Å². The van der Waals surface area contributed by atoms with Gasteiger partial charge in [-0.05, 0) is 19.1 Å². The Balaban J connectivity index is 1.83. The summed E-state index contributed by atoms with van der Waals surface area (Å²) >= 11 is 0. The predicted octanol–water partition coefficient (Wildman–Crippen LogP) is 1.65. The number of aliphatic hydroxyl groups is 1. The molecule has 2 unspecified atom stereocenters. The molecule has 2 rings (SSSR count). The van der Waals surface area contributed by atoms with Crippen molar-refractivity contribution in [2.45, 2.75) is 31.2 Å². The Hall–Kier alpha value is -1.96. The van der Waals surface area contributed by atoms with Crippen LogP contribution < -0.4 is 14.8 Å². The first-order valence-electron chi connectivity index (χ1n) is 6.63. The summed E-state index contributed by atoms with van der Waals surface area (Å²) < 4.78 is 48.4. The van der Waals surface area contributed by atoms with E-state index in [-0.39, 0.29) is 13.2 Å². The van der Waals surface area contributed by atoms with Crippen molar-refractivity contribution in [1.82, 2.24) is 5.32 Å². The van der Waals surface area contributed by atoms with Crippen molar-refractivity contribution in [2.75, 3.05) is 13.2 Å². The normalized spacial score (nSPS) is 20.1. The van der Waals surface area contributed by atoms with E-state index in [0.717, 1.165) is 0 Å². The average molecular weight is 319 g/mol. The molecule has 1 aromatic rings. The summed E-state index contributed by atoms with van der Waals surface area (Å²) in [5.41, 5.74) is -3.06. The Labute approximate surface area is 125 Å². The van der Waals surface area contributed by atoms with E-state index in [9.17, 15) is 23.1 Å². The average Bonchev–Trinajstić information content (AvgIpc) is 2.43. The van der Waals surface area contributed by atoms with E-state index in [1.807, 2.05) is 0 Å². The van der Waals surface area contributed by atoms with Crippen LogP contribution in [0.1, 0.15) is 13.3 Å². The molecule has 0 spiro atoms. The number of ether oxygens (including phenoxy) is 2. The van der Waals surface area contributed by atoms with Gasteiger partial charge in [0.2, 0.25) is 5.91 Å². The maximum atomic E-state index is 12.5. The van der Waals surface area contributed by atoms with Gasteiger partial charge in [0.15, 0.2) is 17.1 Å². The molecular formula is C14H16F3NO4. The highest BCUT2D eigenvalue weighted by Gasteiger charge is 2.50. The minimum Gasteiger partial charge on any atom is -0.486 e. The summed E-state index contributed by atoms with van der Waals surface area (Å²) in [6.45, 7) is 0.719. The number of benzene rings is 1. The van der Waals surface area contributed by atoms with E-state index in [2.05, 4.69) is 5.32 Å². The molecule has 8 heteroatoms. The Kier molecular flexibility index (Phi) is 4.50. The Morgan fingerprint density at radius 3 is 2.64 bits per heavy atom. The van der Waals surface area contributed by atoms with Crippen LogP contribution >= 0.6 is 0 Å². The minimum atomic E-state index is -4.87. The molecule has 2 N–H and O–H groups in total. The topological polar surface area (TPSA) is 67.8 Å². The molecule has 0 saturated heterocycles. The second-order valence-corrected chi connectivity index (χ2v) is 5.25. The second-order valence-electron chi connectivity index (χ2n) is 5.25. The molecule has 1 aliphatic heterocycles. The SMILES string of the molecule is CC(O)(CC(=O)NCC1COc2ccccc2O1)C(F)(F)F. The molecular weight excluding hydrogens is 303 g/mol. The fourth-order valence-corrected chi connectivity index (χ4v) is 1.87. The molecule has 0 aromatic heterocycles. The number of alkyl halides is 3. The van der Waals surface area contributed by atoms with E-state index in [1.54, 1.807) is 24.3 Å². The van der Waals surface area contributed by atoms with Crippen LogP contribution in [0.4, 0.5) is 13.2 Å². The quantitative estimate of drug-likeness (QED) is 0.885. The van der Waals surface area contributed by atoms with Crippen LogP contribution in [0, 0.1) is 0 Å². The largest absolute Gasteiger partial charge is 0.486 e. The van der Waals surface area contributed by atoms with Crippen molar-refractivity contribution >= 4 is 5.91 Å². The number of nitrogens with one attached hydrogen (secondary N) is 1. The highest BCUT2D eigenvalue weighted by molar-refractivity contribution is 5.77. The molecule has 0 radical (unpaired) electrons. The Morgan fingerprint density at radius 2 is 2.00 bits per heavy atom. The van der Waals surface area contributed by atoms with E-state index >= 15 is 0 Å². The fraction of sp³-hybridized carbons (Fsp3) is 0.500. The third kappa shape index (κ3) is 3.82. The molecule has 0 aliphatic carbocycles. The van der Waals surface area contributed by atoms with Gasteiger partial charge in [-0.1, -0.05) is 12.1 Å². The Bertz CT molecular complexity index is 545. The molecule has 1 heterocycles. The minimum absolute atomic E-state index is 0.0128. The van der Waals surface area contributed by atoms with Crippen LogP contribution in [-0.2, 0) is 4.79 Å². The van der Waals surface area contributed by atoms with Crippen LogP contribution in [0.5, 0.6) is 11.5 Å². The number of fused-ring (bicyclic) bond motifs is 1. The predicted molar refractivity (Wildman–Crippen MR) is 70.7 cm³/mol. The second kappa shape index (κ2) is 6.04. The van der Waals surface area contributed by atoms with Gasteiger partial charge >= 0.3 is 6.18 Å². The summed E-state index contributed by atoms with van der Waals surface area (Å²) in [6, 6.07) is 6.95. The van der Waals surface area contributed by atoms with E-state index in [1.165, 1.54) is 0 Å². The molecule has 0 bridgehead atoms. The lowest BCUT2D eigenvalue weighted by Gasteiger charge is -2.28. The zero-order chi connectivity index (χ0) is 16.4. The first-order valence-corrected chi connectivity index (χ1v) is 6.63. The molecule has 1 aromatic carbocycles. The lowest BCUT2D eigenvalue weighted by molar-refractivity contribution is -0.253. The van der Waals surface area contributed by atoms with Gasteiger partial charge in [-0.25, -0.2) is 0 Å². The van der Waals surface area contributed by atoms with Gasteiger partial charge in [0.25, 0.3) is 0 Å². The van der Waals surface area contributed by atoms with Gasteiger partial charge in [-0.2, -0.15) is 13.2 Å². The van der Waals surface area contributed by atoms with Gasteiger partial charge in [-0.3, -0.25) is 4.79 Å². The molecule has 1 aliphatic rings. The van der Waals surface area contributed by atoms with Crippen LogP contribution in [0.3, 0.4) is 0 Å². The van der Waals surface area contributed by atoms with Crippen LogP contribution in [0.15, 0.2) is 24.3 Å². The van der Waals surface area contributed by atoms with Gasteiger partial charge in [0.05, 0.1) is 13.0 Å². The number of halogens is 3. The zero-order valence-electron chi connectivity index (χ0n) is 11.8. The van der Waals surface area contributed by atoms with Crippen molar-refractivity contribution in [3.63, 3.8) is 0 Å². The number of amides is 1. The van der Waals surface area contributed by atoms with Crippen molar-refractivity contribution < 1.29 is 32.5 Å². The molecule has 2 atom stereocenters. The highest BCUT2D eigenvalue weighted by Crippen LogP contribution is 2.33. The van der Waals surface area contributed by atoms with Gasteiger partial charge in [-0.15, -0.1) is 0 Å². The molecule has 0 fully saturated rings. The molecule has 22 heavy (non-hydrogen) atoms. The van der Waals surface area contributed by atoms with Gasteiger partial charge < -0.3 is 19.9 Å². The molecule has 1 amide bonds. The summed E-state index contributed by atoms with van der Waals surface area (Å²) in [6.07, 6.45) is -6.44. The number of rotatable bonds is 4.